The van der Waals surface area contributed by atoms with E-state index in [1.54, 1.807) is 6.07 Å². The third-order valence-electron chi connectivity index (χ3n) is 3.88. The number of carboxylic acids is 1. The first-order valence-corrected chi connectivity index (χ1v) is 7.07. The maximum atomic E-state index is 12.1. The minimum Gasteiger partial charge on any atom is -0.481 e. The molecule has 0 spiro atoms. The van der Waals surface area contributed by atoms with Crippen molar-refractivity contribution in [3.8, 4) is 6.07 Å². The summed E-state index contributed by atoms with van der Waals surface area (Å²) < 4.78 is 0. The molecule has 0 unspecified atom stereocenters. The van der Waals surface area contributed by atoms with Gasteiger partial charge in [0.2, 0.25) is 5.91 Å². The molecule has 1 amide bonds. The lowest BCUT2D eigenvalue weighted by molar-refractivity contribution is -0.150. The van der Waals surface area contributed by atoms with Crippen molar-refractivity contribution < 1.29 is 14.7 Å². The van der Waals surface area contributed by atoms with Gasteiger partial charge in [0.15, 0.2) is 0 Å². The molecule has 0 saturated heterocycles. The summed E-state index contributed by atoms with van der Waals surface area (Å²) in [6, 6.07) is 6.51. The van der Waals surface area contributed by atoms with E-state index in [9.17, 15) is 14.7 Å². The molecule has 0 atom stereocenters. The third kappa shape index (κ3) is 3.34. The van der Waals surface area contributed by atoms with E-state index >= 15 is 0 Å². The Balaban J connectivity index is 2.12. The van der Waals surface area contributed by atoms with Gasteiger partial charge in [0, 0.05) is 6.42 Å². The van der Waals surface area contributed by atoms with Crippen LogP contribution in [0.2, 0.25) is 5.02 Å². The lowest BCUT2D eigenvalue weighted by Gasteiger charge is -2.23. The van der Waals surface area contributed by atoms with Crippen molar-refractivity contribution in [2.45, 2.75) is 32.1 Å². The summed E-state index contributed by atoms with van der Waals surface area (Å²) in [6.45, 7) is 0. The Morgan fingerprint density at radius 3 is 2.62 bits per heavy atom. The van der Waals surface area contributed by atoms with Crippen LogP contribution in [-0.4, -0.2) is 17.0 Å². The van der Waals surface area contributed by atoms with Gasteiger partial charge in [-0.05, 0) is 31.0 Å². The van der Waals surface area contributed by atoms with Gasteiger partial charge in [0.05, 0.1) is 27.8 Å². The van der Waals surface area contributed by atoms with Crippen LogP contribution in [0.25, 0.3) is 0 Å². The zero-order chi connectivity index (χ0) is 15.5. The number of nitrogens with zero attached hydrogens (tertiary/aromatic N) is 1. The number of benzene rings is 1. The normalized spacial score (nSPS) is 16.2. The Morgan fingerprint density at radius 2 is 2.05 bits per heavy atom. The molecule has 0 heterocycles. The van der Waals surface area contributed by atoms with Gasteiger partial charge >= 0.3 is 5.97 Å². The van der Waals surface area contributed by atoms with Crippen molar-refractivity contribution in [3.05, 3.63) is 28.8 Å². The molecular weight excluding hydrogens is 292 g/mol. The molecule has 6 heteroatoms. The topological polar surface area (TPSA) is 90.2 Å². The van der Waals surface area contributed by atoms with Crippen LogP contribution in [0.3, 0.4) is 0 Å². The van der Waals surface area contributed by atoms with Gasteiger partial charge in [-0.15, -0.1) is 0 Å². The molecule has 2 N–H and O–H groups in total. The number of halogens is 1. The van der Waals surface area contributed by atoms with E-state index in [0.717, 1.165) is 12.8 Å². The highest BCUT2D eigenvalue weighted by atomic mass is 35.5. The van der Waals surface area contributed by atoms with Crippen LogP contribution in [0.4, 0.5) is 5.69 Å². The average Bonchev–Trinajstić information content (AvgIpc) is 2.91. The summed E-state index contributed by atoms with van der Waals surface area (Å²) in [5.41, 5.74) is -0.258. The number of carboxylic acid groups (broad SMARTS) is 1. The number of carbonyl (C=O) groups is 2. The molecule has 0 bridgehead atoms. The summed E-state index contributed by atoms with van der Waals surface area (Å²) in [5.74, 6) is -1.32. The first-order valence-electron chi connectivity index (χ1n) is 6.70. The third-order valence-corrected chi connectivity index (χ3v) is 4.21. The van der Waals surface area contributed by atoms with Crippen LogP contribution < -0.4 is 5.32 Å². The van der Waals surface area contributed by atoms with Crippen molar-refractivity contribution in [3.63, 3.8) is 0 Å². The van der Waals surface area contributed by atoms with E-state index in [-0.39, 0.29) is 6.42 Å². The second kappa shape index (κ2) is 6.15. The van der Waals surface area contributed by atoms with E-state index in [1.165, 1.54) is 12.1 Å². The number of aliphatic carboxylic acids is 1. The van der Waals surface area contributed by atoms with E-state index in [2.05, 4.69) is 5.32 Å². The molecular formula is C15H15ClN2O3. The molecule has 1 aromatic carbocycles. The van der Waals surface area contributed by atoms with Crippen molar-refractivity contribution >= 4 is 29.2 Å². The minimum absolute atomic E-state index is 0.0740. The number of hydrogen-bond donors (Lipinski definition) is 2. The molecule has 5 nitrogen and oxygen atoms in total. The number of hydrogen-bond acceptors (Lipinski definition) is 3. The second-order valence-electron chi connectivity index (χ2n) is 5.32. The van der Waals surface area contributed by atoms with Gasteiger partial charge in [-0.3, -0.25) is 9.59 Å². The standard InChI is InChI=1S/C15H15ClN2O3/c16-11-4-3-10(9-17)7-12(11)18-13(19)8-15(14(20)21)5-1-2-6-15/h3-4,7H,1-2,5-6,8H2,(H,18,19)(H,20,21). The number of nitriles is 1. The largest absolute Gasteiger partial charge is 0.481 e. The summed E-state index contributed by atoms with van der Waals surface area (Å²) >= 11 is 5.97. The second-order valence-corrected chi connectivity index (χ2v) is 5.73. The summed E-state index contributed by atoms with van der Waals surface area (Å²) in [7, 11) is 0. The van der Waals surface area contributed by atoms with Gasteiger partial charge in [-0.25, -0.2) is 0 Å². The molecule has 0 aromatic heterocycles. The Hall–Kier alpha value is -2.06. The molecule has 0 radical (unpaired) electrons. The Morgan fingerprint density at radius 1 is 1.38 bits per heavy atom. The zero-order valence-corrected chi connectivity index (χ0v) is 12.1. The molecule has 110 valence electrons. The lowest BCUT2D eigenvalue weighted by Crippen LogP contribution is -2.32. The van der Waals surface area contributed by atoms with Gasteiger partial charge in [0.1, 0.15) is 0 Å². The zero-order valence-electron chi connectivity index (χ0n) is 11.4. The first kappa shape index (κ1) is 15.3. The fourth-order valence-electron chi connectivity index (χ4n) is 2.71. The van der Waals surface area contributed by atoms with Crippen LogP contribution in [-0.2, 0) is 9.59 Å². The molecule has 1 aliphatic carbocycles. The molecule has 0 aliphatic heterocycles. The number of rotatable bonds is 4. The van der Waals surface area contributed by atoms with Gasteiger partial charge < -0.3 is 10.4 Å². The number of anilines is 1. The summed E-state index contributed by atoms with van der Waals surface area (Å²) in [5, 5.41) is 21.1. The first-order chi connectivity index (χ1) is 9.97. The Kier molecular flexibility index (Phi) is 4.49. The molecule has 1 saturated carbocycles. The van der Waals surface area contributed by atoms with Crippen LogP contribution >= 0.6 is 11.6 Å². The number of carbonyl (C=O) groups excluding carboxylic acids is 1. The average molecular weight is 307 g/mol. The quantitative estimate of drug-likeness (QED) is 0.893. The highest BCUT2D eigenvalue weighted by molar-refractivity contribution is 6.33. The van der Waals surface area contributed by atoms with Crippen LogP contribution in [0.1, 0.15) is 37.7 Å². The van der Waals surface area contributed by atoms with Crippen molar-refractivity contribution in [1.82, 2.24) is 0 Å². The number of nitrogens with one attached hydrogen (secondary N) is 1. The van der Waals surface area contributed by atoms with E-state index in [0.29, 0.717) is 29.1 Å². The molecule has 1 aliphatic rings. The molecule has 1 aromatic rings. The predicted molar refractivity (Wildman–Crippen MR) is 78.0 cm³/mol. The minimum atomic E-state index is -0.969. The fourth-order valence-corrected chi connectivity index (χ4v) is 2.88. The van der Waals surface area contributed by atoms with Gasteiger partial charge in [-0.1, -0.05) is 24.4 Å². The van der Waals surface area contributed by atoms with E-state index < -0.39 is 17.3 Å². The molecule has 1 fully saturated rings. The summed E-state index contributed by atoms with van der Waals surface area (Å²) in [6.07, 6.45) is 2.60. The maximum absolute atomic E-state index is 12.1. The van der Waals surface area contributed by atoms with Crippen LogP contribution in [0, 0.1) is 16.7 Å². The highest BCUT2D eigenvalue weighted by Gasteiger charge is 2.43. The van der Waals surface area contributed by atoms with Crippen molar-refractivity contribution in [2.75, 3.05) is 5.32 Å². The Bertz CT molecular complexity index is 616. The maximum Gasteiger partial charge on any atom is 0.310 e. The van der Waals surface area contributed by atoms with E-state index in [4.69, 9.17) is 16.9 Å². The monoisotopic (exact) mass is 306 g/mol. The van der Waals surface area contributed by atoms with Crippen LogP contribution in [0.5, 0.6) is 0 Å². The fraction of sp³-hybridized carbons (Fsp3) is 0.400. The summed E-state index contributed by atoms with van der Waals surface area (Å²) in [4.78, 5) is 23.5. The lowest BCUT2D eigenvalue weighted by atomic mass is 9.82. The van der Waals surface area contributed by atoms with Crippen molar-refractivity contribution in [2.24, 2.45) is 5.41 Å². The highest BCUT2D eigenvalue weighted by Crippen LogP contribution is 2.41. The van der Waals surface area contributed by atoms with E-state index in [1.807, 2.05) is 6.07 Å². The number of amides is 1. The molecule has 2 rings (SSSR count). The van der Waals surface area contributed by atoms with Crippen LogP contribution in [0.15, 0.2) is 18.2 Å². The van der Waals surface area contributed by atoms with Gasteiger partial charge in [-0.2, -0.15) is 5.26 Å². The smallest absolute Gasteiger partial charge is 0.310 e. The van der Waals surface area contributed by atoms with Gasteiger partial charge in [0.25, 0.3) is 0 Å². The molecule has 21 heavy (non-hydrogen) atoms. The Labute approximate surface area is 127 Å². The SMILES string of the molecule is N#Cc1ccc(Cl)c(NC(=O)CC2(C(=O)O)CCCC2)c1. The van der Waals surface area contributed by atoms with Crippen molar-refractivity contribution in [1.29, 1.82) is 5.26 Å². The predicted octanol–water partition coefficient (Wildman–Crippen LogP) is 3.19.